The van der Waals surface area contributed by atoms with Gasteiger partial charge in [0.05, 0.1) is 5.92 Å². The first-order valence-electron chi connectivity index (χ1n) is 7.88. The van der Waals surface area contributed by atoms with Gasteiger partial charge in [-0.15, -0.1) is 0 Å². The Morgan fingerprint density at radius 3 is 2.50 bits per heavy atom. The third-order valence-corrected chi connectivity index (χ3v) is 6.61. The summed E-state index contributed by atoms with van der Waals surface area (Å²) in [6, 6.07) is -0.822. The fourth-order valence-corrected chi connectivity index (χ4v) is 4.40. The fraction of sp³-hybridized carbons (Fsp3) is 0.714. The van der Waals surface area contributed by atoms with Crippen LogP contribution in [0.2, 0.25) is 0 Å². The highest BCUT2D eigenvalue weighted by molar-refractivity contribution is 7.89. The lowest BCUT2D eigenvalue weighted by atomic mass is 10.1. The van der Waals surface area contributed by atoms with E-state index >= 15 is 0 Å². The molecule has 0 radical (unpaired) electrons. The van der Waals surface area contributed by atoms with E-state index in [9.17, 15) is 26.4 Å². The Morgan fingerprint density at radius 1 is 1.38 bits per heavy atom. The number of likely N-dealkylation sites (tertiary alicyclic amines) is 1. The lowest BCUT2D eigenvalue weighted by Crippen LogP contribution is -2.43. The first-order valence-corrected chi connectivity index (χ1v) is 9.39. The number of nitrogens with zero attached hydrogens (tertiary/aromatic N) is 3. The summed E-state index contributed by atoms with van der Waals surface area (Å²) in [5, 5.41) is 4.44. The number of nitrogens with one attached hydrogen (secondary N) is 1. The van der Waals surface area contributed by atoms with Crippen LogP contribution in [0.3, 0.4) is 0 Å². The number of aromatic nitrogens is 1. The van der Waals surface area contributed by atoms with Crippen LogP contribution in [0.15, 0.2) is 4.52 Å². The molecule has 2 atom stereocenters. The molecule has 1 aliphatic rings. The molecule has 26 heavy (non-hydrogen) atoms. The van der Waals surface area contributed by atoms with E-state index in [2.05, 4.69) is 10.5 Å². The topological polar surface area (TPSA) is 95.7 Å². The summed E-state index contributed by atoms with van der Waals surface area (Å²) in [7, 11) is -1.87. The molecule has 1 saturated heterocycles. The molecule has 2 amide bonds. The van der Waals surface area contributed by atoms with Gasteiger partial charge in [0.2, 0.25) is 10.0 Å². The molecule has 0 unspecified atom stereocenters. The second kappa shape index (κ2) is 7.06. The molecular weight excluding hydrogens is 377 g/mol. The average Bonchev–Trinajstić information content (AvgIpc) is 3.12. The molecule has 1 aromatic heterocycles. The second-order valence-electron chi connectivity index (χ2n) is 6.27. The maximum absolute atomic E-state index is 13.3. The number of sulfonamides is 1. The maximum atomic E-state index is 13.3. The zero-order valence-corrected chi connectivity index (χ0v) is 15.6. The molecule has 1 aliphatic heterocycles. The molecule has 2 rings (SSSR count). The third-order valence-electron chi connectivity index (χ3n) is 4.35. The summed E-state index contributed by atoms with van der Waals surface area (Å²) < 4.78 is 70.3. The van der Waals surface area contributed by atoms with Gasteiger partial charge in [-0.2, -0.15) is 13.2 Å². The Labute approximate surface area is 149 Å². The van der Waals surface area contributed by atoms with E-state index in [1.165, 1.54) is 14.1 Å². The van der Waals surface area contributed by atoms with Crippen LogP contribution in [0.5, 0.6) is 0 Å². The Hall–Kier alpha value is -1.82. The van der Waals surface area contributed by atoms with Crippen LogP contribution < -0.4 is 5.32 Å². The smallest absolute Gasteiger partial charge is 0.359 e. The second-order valence-corrected chi connectivity index (χ2v) is 8.63. The zero-order chi connectivity index (χ0) is 19.9. The van der Waals surface area contributed by atoms with Gasteiger partial charge in [0, 0.05) is 33.6 Å². The number of alkyl halides is 3. The van der Waals surface area contributed by atoms with Gasteiger partial charge < -0.3 is 14.7 Å². The van der Waals surface area contributed by atoms with E-state index in [0.29, 0.717) is 23.6 Å². The predicted octanol–water partition coefficient (Wildman–Crippen LogP) is 1.83. The number of anilines is 1. The van der Waals surface area contributed by atoms with Crippen molar-refractivity contribution in [3.8, 4) is 0 Å². The molecule has 0 aromatic carbocycles. The van der Waals surface area contributed by atoms with Gasteiger partial charge in [-0.3, -0.25) is 0 Å². The van der Waals surface area contributed by atoms with E-state index in [4.69, 9.17) is 4.52 Å². The molecule has 0 aliphatic carbocycles. The number of rotatable bonds is 4. The van der Waals surface area contributed by atoms with E-state index in [-0.39, 0.29) is 0 Å². The van der Waals surface area contributed by atoms with Crippen molar-refractivity contribution in [1.29, 1.82) is 0 Å². The number of carbonyl (C=O) groups excluding carboxylic acids is 1. The average molecular weight is 398 g/mol. The van der Waals surface area contributed by atoms with E-state index in [0.717, 1.165) is 9.21 Å². The van der Waals surface area contributed by atoms with Crippen molar-refractivity contribution in [3.63, 3.8) is 0 Å². The molecule has 148 valence electrons. The molecule has 1 N–H and O–H groups in total. The summed E-state index contributed by atoms with van der Waals surface area (Å²) in [5.41, 5.74) is 0.680. The molecule has 0 spiro atoms. The highest BCUT2D eigenvalue weighted by atomic mass is 32.2. The largest absolute Gasteiger partial charge is 0.394 e. The van der Waals surface area contributed by atoms with Gasteiger partial charge in [0.25, 0.3) is 0 Å². The Bertz CT molecular complexity index is 776. The molecule has 2 heterocycles. The summed E-state index contributed by atoms with van der Waals surface area (Å²) >= 11 is 0. The van der Waals surface area contributed by atoms with Gasteiger partial charge in [0.1, 0.15) is 16.6 Å². The summed E-state index contributed by atoms with van der Waals surface area (Å²) in [4.78, 5) is 13.3. The number of aryl methyl sites for hydroxylation is 2. The molecule has 8 nitrogen and oxygen atoms in total. The Balaban J connectivity index is 2.26. The van der Waals surface area contributed by atoms with Gasteiger partial charge in [-0.05, 0) is 6.92 Å². The minimum Gasteiger partial charge on any atom is -0.359 e. The number of amides is 2. The first kappa shape index (κ1) is 20.5. The van der Waals surface area contributed by atoms with Crippen molar-refractivity contribution in [1.82, 2.24) is 14.4 Å². The third kappa shape index (κ3) is 3.80. The SMILES string of the molecule is CCc1onc(C)c1NC(=O)N1C[C@H](C(F)(F)F)[C@@H](S(=O)(=O)N(C)C)C1. The van der Waals surface area contributed by atoms with Gasteiger partial charge in [-0.25, -0.2) is 17.5 Å². The molecule has 1 fully saturated rings. The van der Waals surface area contributed by atoms with Crippen LogP contribution in [0, 0.1) is 12.8 Å². The highest BCUT2D eigenvalue weighted by Crippen LogP contribution is 2.38. The van der Waals surface area contributed by atoms with Crippen molar-refractivity contribution in [2.75, 3.05) is 32.5 Å². The molecule has 12 heteroatoms. The molecular formula is C14H21F3N4O4S. The van der Waals surface area contributed by atoms with Crippen molar-refractivity contribution in [2.45, 2.75) is 31.7 Å². The van der Waals surface area contributed by atoms with Crippen LogP contribution in [0.1, 0.15) is 18.4 Å². The quantitative estimate of drug-likeness (QED) is 0.835. The van der Waals surface area contributed by atoms with Crippen LogP contribution in [0.25, 0.3) is 0 Å². The molecule has 1 aromatic rings. The highest BCUT2D eigenvalue weighted by Gasteiger charge is 2.56. The first-order chi connectivity index (χ1) is 11.9. The standard InChI is InChI=1S/C14H21F3N4O4S/c1-5-10-12(8(2)19-25-10)18-13(22)21-6-9(14(15,16)17)11(7-21)26(23,24)20(3)4/h9,11H,5-7H2,1-4H3,(H,18,22)/t9-,11-/m0/s1. The van der Waals surface area contributed by atoms with Crippen molar-refractivity contribution in [3.05, 3.63) is 11.5 Å². The van der Waals surface area contributed by atoms with Crippen LogP contribution in [-0.4, -0.2) is 67.4 Å². The van der Waals surface area contributed by atoms with Gasteiger partial charge >= 0.3 is 12.2 Å². The molecule has 0 saturated carbocycles. The Kier molecular flexibility index (Phi) is 5.57. The monoisotopic (exact) mass is 398 g/mol. The van der Waals surface area contributed by atoms with Crippen LogP contribution >= 0.6 is 0 Å². The minimum atomic E-state index is -4.75. The maximum Gasteiger partial charge on any atom is 0.394 e. The van der Waals surface area contributed by atoms with E-state index in [1.807, 2.05) is 0 Å². The summed E-state index contributed by atoms with van der Waals surface area (Å²) in [5.74, 6) is -1.77. The fourth-order valence-electron chi connectivity index (χ4n) is 2.83. The zero-order valence-electron chi connectivity index (χ0n) is 14.8. The van der Waals surface area contributed by atoms with E-state index < -0.39 is 46.5 Å². The Morgan fingerprint density at radius 2 is 2.00 bits per heavy atom. The number of halogens is 3. The lowest BCUT2D eigenvalue weighted by Gasteiger charge is -2.23. The van der Waals surface area contributed by atoms with Crippen molar-refractivity contribution < 1.29 is 30.9 Å². The van der Waals surface area contributed by atoms with Gasteiger partial charge in [0.15, 0.2) is 5.76 Å². The molecule has 0 bridgehead atoms. The number of carbonyl (C=O) groups is 1. The van der Waals surface area contributed by atoms with E-state index in [1.54, 1.807) is 13.8 Å². The summed E-state index contributed by atoms with van der Waals surface area (Å²) in [6.45, 7) is 2.06. The van der Waals surface area contributed by atoms with Crippen LogP contribution in [0.4, 0.5) is 23.7 Å². The predicted molar refractivity (Wildman–Crippen MR) is 87.1 cm³/mol. The minimum absolute atomic E-state index is 0.292. The van der Waals surface area contributed by atoms with Crippen molar-refractivity contribution in [2.24, 2.45) is 5.92 Å². The summed E-state index contributed by atoms with van der Waals surface area (Å²) in [6.07, 6.45) is -4.32. The number of hydrogen-bond acceptors (Lipinski definition) is 5. The van der Waals surface area contributed by atoms with Crippen LogP contribution in [-0.2, 0) is 16.4 Å². The lowest BCUT2D eigenvalue weighted by molar-refractivity contribution is -0.169. The van der Waals surface area contributed by atoms with Crippen molar-refractivity contribution >= 4 is 21.7 Å². The number of hydrogen-bond donors (Lipinski definition) is 1. The normalized spacial score (nSPS) is 21.5. The van der Waals surface area contributed by atoms with Gasteiger partial charge in [-0.1, -0.05) is 12.1 Å². The number of urea groups is 1.